The molecule has 0 spiro atoms. The monoisotopic (exact) mass is 176 g/mol. The minimum atomic E-state index is 0.656. The smallest absolute Gasteiger partial charge is 0.00940 e. The van der Waals surface area contributed by atoms with Gasteiger partial charge in [-0.05, 0) is 36.0 Å². The molecule has 2 aliphatic rings. The van der Waals surface area contributed by atoms with Gasteiger partial charge in [0, 0.05) is 12.8 Å². The Labute approximate surface area is 82.1 Å². The molecule has 0 bridgehead atoms. The lowest BCUT2D eigenvalue weighted by Crippen LogP contribution is -2.03. The van der Waals surface area contributed by atoms with Crippen LogP contribution in [0.2, 0.25) is 0 Å². The van der Waals surface area contributed by atoms with Crippen molar-refractivity contribution in [3.05, 3.63) is 0 Å². The minimum Gasteiger partial charge on any atom is -0.103 e. The second-order valence-corrected chi connectivity index (χ2v) is 5.27. The van der Waals surface area contributed by atoms with Crippen molar-refractivity contribution in [3.8, 4) is 11.8 Å². The van der Waals surface area contributed by atoms with Crippen LogP contribution in [0.15, 0.2) is 0 Å². The van der Waals surface area contributed by atoms with Gasteiger partial charge >= 0.3 is 0 Å². The van der Waals surface area contributed by atoms with E-state index in [0.717, 1.165) is 30.6 Å². The maximum Gasteiger partial charge on any atom is 0.00940 e. The van der Waals surface area contributed by atoms with Crippen molar-refractivity contribution < 1.29 is 0 Å². The van der Waals surface area contributed by atoms with E-state index >= 15 is 0 Å². The molecule has 0 aromatic rings. The molecule has 1 saturated carbocycles. The Morgan fingerprint density at radius 3 is 2.62 bits per heavy atom. The van der Waals surface area contributed by atoms with E-state index in [9.17, 15) is 0 Å². The molecule has 0 aromatic carbocycles. The standard InChI is InChI=1S/C13H20/c1-10(2)12-11-8-6-4-5-7-9-13(11,12)3/h10-12H,6-9H2,1-3H3/t11-,12-,13-/m0/s1. The third-order valence-electron chi connectivity index (χ3n) is 4.15. The Balaban J connectivity index is 2.08. The molecule has 0 heterocycles. The quantitative estimate of drug-likeness (QED) is 0.537. The zero-order chi connectivity index (χ0) is 9.47. The van der Waals surface area contributed by atoms with Crippen molar-refractivity contribution in [2.45, 2.75) is 46.5 Å². The van der Waals surface area contributed by atoms with E-state index in [0.29, 0.717) is 5.41 Å². The highest BCUT2D eigenvalue weighted by Gasteiger charge is 2.60. The molecule has 72 valence electrons. The maximum absolute atomic E-state index is 3.28. The first-order chi connectivity index (χ1) is 6.16. The largest absolute Gasteiger partial charge is 0.103 e. The molecule has 0 radical (unpaired) electrons. The predicted octanol–water partition coefficient (Wildman–Crippen LogP) is 3.47. The topological polar surface area (TPSA) is 0 Å². The molecular weight excluding hydrogens is 156 g/mol. The van der Waals surface area contributed by atoms with Crippen molar-refractivity contribution in [2.75, 3.05) is 0 Å². The van der Waals surface area contributed by atoms with Gasteiger partial charge in [0.25, 0.3) is 0 Å². The summed E-state index contributed by atoms with van der Waals surface area (Å²) in [6.45, 7) is 7.23. The summed E-state index contributed by atoms with van der Waals surface area (Å²) in [5.41, 5.74) is 0.656. The molecule has 0 heteroatoms. The molecule has 0 unspecified atom stereocenters. The van der Waals surface area contributed by atoms with E-state index in [4.69, 9.17) is 0 Å². The van der Waals surface area contributed by atoms with Crippen LogP contribution in [0.4, 0.5) is 0 Å². The zero-order valence-corrected chi connectivity index (χ0v) is 9.06. The van der Waals surface area contributed by atoms with Gasteiger partial charge in [-0.1, -0.05) is 20.8 Å². The third kappa shape index (κ3) is 1.39. The number of hydrogen-bond donors (Lipinski definition) is 0. The molecule has 3 atom stereocenters. The van der Waals surface area contributed by atoms with Crippen LogP contribution in [0.3, 0.4) is 0 Å². The fourth-order valence-electron chi connectivity index (χ4n) is 3.52. The second kappa shape index (κ2) is 3.05. The lowest BCUT2D eigenvalue weighted by molar-refractivity contribution is 0.397. The predicted molar refractivity (Wildman–Crippen MR) is 56.2 cm³/mol. The van der Waals surface area contributed by atoms with Crippen molar-refractivity contribution in [2.24, 2.45) is 23.2 Å². The Kier molecular flexibility index (Phi) is 2.14. The summed E-state index contributed by atoms with van der Waals surface area (Å²) in [5, 5.41) is 0. The molecule has 0 aliphatic heterocycles. The summed E-state index contributed by atoms with van der Waals surface area (Å²) in [5.74, 6) is 9.39. The van der Waals surface area contributed by atoms with Crippen LogP contribution < -0.4 is 0 Å². The van der Waals surface area contributed by atoms with Crippen molar-refractivity contribution in [3.63, 3.8) is 0 Å². The summed E-state index contributed by atoms with van der Waals surface area (Å²) in [4.78, 5) is 0. The van der Waals surface area contributed by atoms with Crippen molar-refractivity contribution in [1.29, 1.82) is 0 Å². The zero-order valence-electron chi connectivity index (χ0n) is 9.06. The summed E-state index contributed by atoms with van der Waals surface area (Å²) in [6.07, 6.45) is 4.97. The van der Waals surface area contributed by atoms with Crippen molar-refractivity contribution >= 4 is 0 Å². The van der Waals surface area contributed by atoms with Gasteiger partial charge < -0.3 is 0 Å². The molecule has 1 fully saturated rings. The summed E-state index contributed by atoms with van der Waals surface area (Å²) in [7, 11) is 0. The second-order valence-electron chi connectivity index (χ2n) is 5.27. The van der Waals surface area contributed by atoms with Gasteiger partial charge in [0.15, 0.2) is 0 Å². The highest BCUT2D eigenvalue weighted by Crippen LogP contribution is 2.66. The fraction of sp³-hybridized carbons (Fsp3) is 0.846. The van der Waals surface area contributed by atoms with E-state index in [1.165, 1.54) is 12.8 Å². The van der Waals surface area contributed by atoms with Gasteiger partial charge in [0.05, 0.1) is 0 Å². The molecule has 0 nitrogen and oxygen atoms in total. The molecule has 0 N–H and O–H groups in total. The SMILES string of the molecule is CC(C)[C@H]1[C@@H]2CCC#CCC[C@@]21C. The molecule has 13 heavy (non-hydrogen) atoms. The van der Waals surface area contributed by atoms with E-state index in [-0.39, 0.29) is 0 Å². The third-order valence-corrected chi connectivity index (χ3v) is 4.15. The lowest BCUT2D eigenvalue weighted by atomic mass is 9.93. The number of rotatable bonds is 1. The van der Waals surface area contributed by atoms with Crippen molar-refractivity contribution in [1.82, 2.24) is 0 Å². The van der Waals surface area contributed by atoms with Gasteiger partial charge in [-0.3, -0.25) is 0 Å². The molecule has 0 saturated heterocycles. The van der Waals surface area contributed by atoms with Crippen LogP contribution in [-0.4, -0.2) is 0 Å². The van der Waals surface area contributed by atoms with E-state index < -0.39 is 0 Å². The van der Waals surface area contributed by atoms with Gasteiger partial charge in [-0.15, -0.1) is 11.8 Å². The first kappa shape index (κ1) is 9.13. The Morgan fingerprint density at radius 2 is 1.92 bits per heavy atom. The Bertz CT molecular complexity index is 253. The van der Waals surface area contributed by atoms with Crippen LogP contribution in [0, 0.1) is 35.0 Å². The maximum atomic E-state index is 3.28. The van der Waals surface area contributed by atoms with Crippen LogP contribution in [0.25, 0.3) is 0 Å². The molecule has 0 amide bonds. The average Bonchev–Trinajstić information content (AvgIpc) is 2.57. The first-order valence-electron chi connectivity index (χ1n) is 5.62. The van der Waals surface area contributed by atoms with Crippen LogP contribution in [0.1, 0.15) is 46.5 Å². The minimum absolute atomic E-state index is 0.656. The summed E-state index contributed by atoms with van der Waals surface area (Å²) in [6, 6.07) is 0. The van der Waals surface area contributed by atoms with Gasteiger partial charge in [0.2, 0.25) is 0 Å². The Morgan fingerprint density at radius 1 is 1.23 bits per heavy atom. The van der Waals surface area contributed by atoms with E-state index in [1.54, 1.807) is 0 Å². The first-order valence-corrected chi connectivity index (χ1v) is 5.62. The summed E-state index contributed by atoms with van der Waals surface area (Å²) >= 11 is 0. The van der Waals surface area contributed by atoms with Gasteiger partial charge in [-0.25, -0.2) is 0 Å². The molecule has 2 aliphatic carbocycles. The summed E-state index contributed by atoms with van der Waals surface area (Å²) < 4.78 is 0. The number of hydrogen-bond acceptors (Lipinski definition) is 0. The van der Waals surface area contributed by atoms with Gasteiger partial charge in [-0.2, -0.15) is 0 Å². The highest BCUT2D eigenvalue weighted by molar-refractivity contribution is 5.14. The van der Waals surface area contributed by atoms with Crippen LogP contribution >= 0.6 is 0 Å². The lowest BCUT2D eigenvalue weighted by Gasteiger charge is -2.11. The molecule has 2 rings (SSSR count). The Hall–Kier alpha value is -0.440. The van der Waals surface area contributed by atoms with Crippen LogP contribution in [-0.2, 0) is 0 Å². The highest BCUT2D eigenvalue weighted by atomic mass is 14.6. The number of fused-ring (bicyclic) bond motifs is 1. The average molecular weight is 176 g/mol. The van der Waals surface area contributed by atoms with E-state index in [1.807, 2.05) is 0 Å². The van der Waals surface area contributed by atoms with Crippen LogP contribution in [0.5, 0.6) is 0 Å². The van der Waals surface area contributed by atoms with Gasteiger partial charge in [0.1, 0.15) is 0 Å². The normalized spacial score (nSPS) is 42.8. The molecule has 0 aromatic heterocycles. The van der Waals surface area contributed by atoms with E-state index in [2.05, 4.69) is 32.6 Å². The molecular formula is C13H20. The fourth-order valence-corrected chi connectivity index (χ4v) is 3.52.